The minimum Gasteiger partial charge on any atom is -0.469 e. The molecule has 3 unspecified atom stereocenters. The number of hydrogen-bond acceptors (Lipinski definition) is 5. The van der Waals surface area contributed by atoms with Crippen LogP contribution < -0.4 is 11.1 Å². The molecular formula is C21H29N3O2. The number of piperidine rings is 1. The van der Waals surface area contributed by atoms with Gasteiger partial charge in [-0.15, -0.1) is 0 Å². The smallest absolute Gasteiger partial charge is 0.310 e. The van der Waals surface area contributed by atoms with Crippen LogP contribution in [0.2, 0.25) is 0 Å². The molecule has 0 aromatic carbocycles. The molecule has 1 saturated carbocycles. The molecule has 0 bridgehead atoms. The van der Waals surface area contributed by atoms with Crippen molar-refractivity contribution in [3.05, 3.63) is 35.1 Å². The lowest BCUT2D eigenvalue weighted by atomic mass is 9.64. The van der Waals surface area contributed by atoms with Crippen LogP contribution in [0, 0.1) is 17.8 Å². The summed E-state index contributed by atoms with van der Waals surface area (Å²) in [6, 6.07) is 0.801. The Labute approximate surface area is 155 Å². The number of nitrogens with two attached hydrogens (primary N) is 1. The molecule has 0 aromatic heterocycles. The molecule has 2 aliphatic carbocycles. The number of fused-ring (bicyclic) bond motifs is 5. The Morgan fingerprint density at radius 1 is 1.38 bits per heavy atom. The third kappa shape index (κ3) is 2.40. The van der Waals surface area contributed by atoms with Crippen LogP contribution in [0.15, 0.2) is 35.1 Å². The summed E-state index contributed by atoms with van der Waals surface area (Å²) in [5.74, 6) is 0.666. The fraction of sp³-hybridized carbons (Fsp3) is 0.667. The first-order valence-corrected chi connectivity index (χ1v) is 10.1. The summed E-state index contributed by atoms with van der Waals surface area (Å²) < 4.78 is 5.13. The number of carbonyl (C=O) groups is 1. The van der Waals surface area contributed by atoms with Crippen LogP contribution in [0.4, 0.5) is 0 Å². The number of nitrogens with one attached hydrogen (secondary N) is 1. The van der Waals surface area contributed by atoms with E-state index in [0.717, 1.165) is 45.2 Å². The van der Waals surface area contributed by atoms with Gasteiger partial charge in [-0.25, -0.2) is 0 Å². The molecule has 0 radical (unpaired) electrons. The van der Waals surface area contributed by atoms with Gasteiger partial charge in [0.25, 0.3) is 0 Å². The second-order valence-corrected chi connectivity index (χ2v) is 8.59. The van der Waals surface area contributed by atoms with E-state index >= 15 is 0 Å². The highest BCUT2D eigenvalue weighted by Crippen LogP contribution is 2.47. The number of allylic oxidation sites excluding steroid dienone is 2. The van der Waals surface area contributed by atoms with Crippen LogP contribution in [0.5, 0.6) is 0 Å². The van der Waals surface area contributed by atoms with Crippen LogP contribution in [-0.2, 0) is 9.53 Å². The average molecular weight is 355 g/mol. The van der Waals surface area contributed by atoms with E-state index in [1.54, 1.807) is 0 Å². The summed E-state index contributed by atoms with van der Waals surface area (Å²) in [5, 5.41) is 3.83. The molecule has 5 rings (SSSR count). The fourth-order valence-electron chi connectivity index (χ4n) is 6.18. The maximum absolute atomic E-state index is 12.5. The molecule has 3 N–H and O–H groups in total. The SMILES string of the molecule is COC(=O)C1[C@H]2C[C@H]3C4=C(CCN3CC2CC[C@@H]1N)C1=CC=CCC1N4. The van der Waals surface area contributed by atoms with Crippen LogP contribution >= 0.6 is 0 Å². The van der Waals surface area contributed by atoms with Crippen molar-refractivity contribution in [1.82, 2.24) is 10.2 Å². The third-order valence-electron chi connectivity index (χ3n) is 7.42. The summed E-state index contributed by atoms with van der Waals surface area (Å²) in [5.41, 5.74) is 10.8. The lowest BCUT2D eigenvalue weighted by Gasteiger charge is -2.51. The Bertz CT molecular complexity index is 710. The second-order valence-electron chi connectivity index (χ2n) is 8.59. The van der Waals surface area contributed by atoms with Crippen molar-refractivity contribution in [1.29, 1.82) is 0 Å². The Morgan fingerprint density at radius 2 is 2.27 bits per heavy atom. The number of carbonyl (C=O) groups excluding carboxylic acids is 1. The predicted molar refractivity (Wildman–Crippen MR) is 100 cm³/mol. The molecule has 140 valence electrons. The first kappa shape index (κ1) is 16.6. The molecular weight excluding hydrogens is 326 g/mol. The molecule has 6 atom stereocenters. The van der Waals surface area contributed by atoms with Gasteiger partial charge in [-0.2, -0.15) is 0 Å². The van der Waals surface area contributed by atoms with Crippen molar-refractivity contribution in [2.24, 2.45) is 23.5 Å². The van der Waals surface area contributed by atoms with Gasteiger partial charge in [-0.05, 0) is 55.1 Å². The molecule has 26 heavy (non-hydrogen) atoms. The van der Waals surface area contributed by atoms with Gasteiger partial charge in [0.15, 0.2) is 0 Å². The Kier molecular flexibility index (Phi) is 3.98. The number of nitrogens with zero attached hydrogens (tertiary/aromatic N) is 1. The van der Waals surface area contributed by atoms with E-state index in [1.165, 1.54) is 24.0 Å². The molecule has 5 nitrogen and oxygen atoms in total. The van der Waals surface area contributed by atoms with Crippen LogP contribution in [-0.4, -0.2) is 49.2 Å². The molecule has 1 saturated heterocycles. The zero-order chi connectivity index (χ0) is 17.8. The first-order valence-electron chi connectivity index (χ1n) is 10.1. The van der Waals surface area contributed by atoms with E-state index in [0.29, 0.717) is 23.9 Å². The van der Waals surface area contributed by atoms with E-state index < -0.39 is 0 Å². The Balaban J connectivity index is 1.46. The third-order valence-corrected chi connectivity index (χ3v) is 7.42. The summed E-state index contributed by atoms with van der Waals surface area (Å²) in [6.07, 6.45) is 12.1. The van der Waals surface area contributed by atoms with Crippen LogP contribution in [0.25, 0.3) is 0 Å². The number of methoxy groups -OCH3 is 1. The average Bonchev–Trinajstić information content (AvgIpc) is 3.05. The van der Waals surface area contributed by atoms with Gasteiger partial charge in [-0.1, -0.05) is 18.2 Å². The number of rotatable bonds is 1. The van der Waals surface area contributed by atoms with Gasteiger partial charge < -0.3 is 15.8 Å². The van der Waals surface area contributed by atoms with Crippen LogP contribution in [0.3, 0.4) is 0 Å². The van der Waals surface area contributed by atoms with Crippen molar-refractivity contribution in [2.75, 3.05) is 20.2 Å². The second kappa shape index (κ2) is 6.24. The maximum atomic E-state index is 12.5. The minimum atomic E-state index is -0.142. The zero-order valence-corrected chi connectivity index (χ0v) is 15.5. The molecule has 5 heteroatoms. The normalized spacial score (nSPS) is 41.4. The van der Waals surface area contributed by atoms with Crippen molar-refractivity contribution in [2.45, 2.75) is 50.2 Å². The Morgan fingerprint density at radius 3 is 3.12 bits per heavy atom. The minimum absolute atomic E-state index is 0.0571. The largest absolute Gasteiger partial charge is 0.469 e. The monoisotopic (exact) mass is 355 g/mol. The molecule has 3 heterocycles. The van der Waals surface area contributed by atoms with E-state index in [4.69, 9.17) is 10.5 Å². The number of hydrogen-bond donors (Lipinski definition) is 2. The quantitative estimate of drug-likeness (QED) is 0.701. The predicted octanol–water partition coefficient (Wildman–Crippen LogP) is 1.72. The van der Waals surface area contributed by atoms with E-state index in [2.05, 4.69) is 28.4 Å². The highest BCUT2D eigenvalue weighted by atomic mass is 16.5. The van der Waals surface area contributed by atoms with Crippen molar-refractivity contribution in [3.8, 4) is 0 Å². The highest BCUT2D eigenvalue weighted by Gasteiger charge is 2.50. The summed E-state index contributed by atoms with van der Waals surface area (Å²) >= 11 is 0. The summed E-state index contributed by atoms with van der Waals surface area (Å²) in [6.45, 7) is 2.23. The first-order chi connectivity index (χ1) is 12.7. The van der Waals surface area contributed by atoms with Gasteiger partial charge >= 0.3 is 5.97 Å². The summed E-state index contributed by atoms with van der Waals surface area (Å²) in [7, 11) is 1.50. The zero-order valence-electron chi connectivity index (χ0n) is 15.5. The van der Waals surface area contributed by atoms with E-state index in [-0.39, 0.29) is 17.9 Å². The molecule has 2 fully saturated rings. The van der Waals surface area contributed by atoms with Gasteiger partial charge in [0, 0.05) is 24.8 Å². The van der Waals surface area contributed by atoms with Gasteiger partial charge in [0.05, 0.1) is 25.1 Å². The lowest BCUT2D eigenvalue weighted by Crippen LogP contribution is -2.58. The fourth-order valence-corrected chi connectivity index (χ4v) is 6.18. The molecule has 0 spiro atoms. The van der Waals surface area contributed by atoms with E-state index in [1.807, 2.05) is 0 Å². The van der Waals surface area contributed by atoms with Crippen molar-refractivity contribution >= 4 is 5.97 Å². The molecule has 3 aliphatic heterocycles. The summed E-state index contributed by atoms with van der Waals surface area (Å²) in [4.78, 5) is 15.1. The van der Waals surface area contributed by atoms with Crippen LogP contribution in [0.1, 0.15) is 32.1 Å². The number of ether oxygens (including phenoxy) is 1. The van der Waals surface area contributed by atoms with Crippen molar-refractivity contribution in [3.63, 3.8) is 0 Å². The molecule has 0 amide bonds. The van der Waals surface area contributed by atoms with Crippen molar-refractivity contribution < 1.29 is 9.53 Å². The standard InChI is InChI=1S/C21H29N3O2/c1-26-21(25)19-15-10-18-20-14(13-4-2-3-5-17(13)23-20)8-9-24(18)11-12(15)6-7-16(19)22/h2-4,12,15-19,23H,5-11,22H2,1H3/t12?,15-,16-,17?,18-,19?/m0/s1. The van der Waals surface area contributed by atoms with E-state index in [9.17, 15) is 4.79 Å². The molecule has 5 aliphatic rings. The maximum Gasteiger partial charge on any atom is 0.310 e. The van der Waals surface area contributed by atoms with Gasteiger partial charge in [0.1, 0.15) is 0 Å². The topological polar surface area (TPSA) is 67.6 Å². The Hall–Kier alpha value is -1.59. The number of esters is 1. The molecule has 0 aromatic rings. The highest BCUT2D eigenvalue weighted by molar-refractivity contribution is 5.74. The van der Waals surface area contributed by atoms with Gasteiger partial charge in [-0.3, -0.25) is 9.69 Å². The lowest BCUT2D eigenvalue weighted by molar-refractivity contribution is -0.152. The van der Waals surface area contributed by atoms with Gasteiger partial charge in [0.2, 0.25) is 0 Å².